The van der Waals surface area contributed by atoms with Crippen LogP contribution < -0.4 is 0 Å². The van der Waals surface area contributed by atoms with Crippen LogP contribution >= 0.6 is 0 Å². The molecule has 0 spiro atoms. The number of esters is 1. The first kappa shape index (κ1) is 13.3. The SMILES string of the molecule is CC(=O)c1ccc2[nH]cc(C(=O)OC(C)(C)C)c2c1. The van der Waals surface area contributed by atoms with Crippen LogP contribution in [-0.4, -0.2) is 22.3 Å². The highest BCUT2D eigenvalue weighted by molar-refractivity contribution is 6.07. The molecule has 1 heterocycles. The Morgan fingerprint density at radius 1 is 1.21 bits per heavy atom. The highest BCUT2D eigenvalue weighted by Gasteiger charge is 2.20. The van der Waals surface area contributed by atoms with Crippen LogP contribution in [0.1, 0.15) is 48.4 Å². The van der Waals surface area contributed by atoms with Crippen molar-refractivity contribution in [3.63, 3.8) is 0 Å². The Balaban J connectivity index is 2.46. The third-order valence-corrected chi connectivity index (χ3v) is 2.71. The van der Waals surface area contributed by atoms with Gasteiger partial charge < -0.3 is 9.72 Å². The van der Waals surface area contributed by atoms with Gasteiger partial charge in [0.25, 0.3) is 0 Å². The number of nitrogens with one attached hydrogen (secondary N) is 1. The van der Waals surface area contributed by atoms with E-state index >= 15 is 0 Å². The van der Waals surface area contributed by atoms with E-state index < -0.39 is 5.60 Å². The minimum absolute atomic E-state index is 0.0294. The fourth-order valence-corrected chi connectivity index (χ4v) is 1.84. The Morgan fingerprint density at radius 2 is 1.89 bits per heavy atom. The van der Waals surface area contributed by atoms with Crippen molar-refractivity contribution >= 4 is 22.7 Å². The molecule has 0 radical (unpaired) electrons. The van der Waals surface area contributed by atoms with Crippen molar-refractivity contribution in [2.45, 2.75) is 33.3 Å². The van der Waals surface area contributed by atoms with E-state index in [0.29, 0.717) is 16.5 Å². The molecule has 100 valence electrons. The highest BCUT2D eigenvalue weighted by Crippen LogP contribution is 2.22. The molecular weight excluding hydrogens is 242 g/mol. The van der Waals surface area contributed by atoms with Gasteiger partial charge >= 0.3 is 5.97 Å². The number of aromatic nitrogens is 1. The van der Waals surface area contributed by atoms with E-state index in [1.807, 2.05) is 20.8 Å². The third kappa shape index (κ3) is 2.84. The van der Waals surface area contributed by atoms with Gasteiger partial charge in [-0.15, -0.1) is 0 Å². The summed E-state index contributed by atoms with van der Waals surface area (Å²) in [6.07, 6.45) is 1.61. The molecule has 0 saturated heterocycles. The number of fused-ring (bicyclic) bond motifs is 1. The number of ether oxygens (including phenoxy) is 1. The van der Waals surface area contributed by atoms with Gasteiger partial charge in [0, 0.05) is 22.7 Å². The first-order chi connectivity index (χ1) is 8.78. The molecule has 1 N–H and O–H groups in total. The Labute approximate surface area is 111 Å². The van der Waals surface area contributed by atoms with Gasteiger partial charge in [0.2, 0.25) is 0 Å². The van der Waals surface area contributed by atoms with Crippen molar-refractivity contribution in [3.8, 4) is 0 Å². The molecule has 0 saturated carbocycles. The largest absolute Gasteiger partial charge is 0.456 e. The predicted molar refractivity (Wildman–Crippen MR) is 73.5 cm³/mol. The predicted octanol–water partition coefficient (Wildman–Crippen LogP) is 3.33. The number of aromatic amines is 1. The van der Waals surface area contributed by atoms with E-state index in [1.165, 1.54) is 6.92 Å². The quantitative estimate of drug-likeness (QED) is 0.664. The van der Waals surface area contributed by atoms with Gasteiger partial charge in [-0.2, -0.15) is 0 Å². The number of H-pyrrole nitrogens is 1. The minimum Gasteiger partial charge on any atom is -0.456 e. The standard InChI is InChI=1S/C15H17NO3/c1-9(17)10-5-6-13-11(7-10)12(8-16-13)14(18)19-15(2,3)4/h5-8,16H,1-4H3. The summed E-state index contributed by atoms with van der Waals surface area (Å²) < 4.78 is 5.35. The van der Waals surface area contributed by atoms with Crippen LogP contribution in [0.4, 0.5) is 0 Å². The number of carbonyl (C=O) groups excluding carboxylic acids is 2. The topological polar surface area (TPSA) is 59.2 Å². The molecular formula is C15H17NO3. The first-order valence-corrected chi connectivity index (χ1v) is 6.13. The molecule has 1 aromatic carbocycles. The molecule has 0 aliphatic rings. The van der Waals surface area contributed by atoms with E-state index in [1.54, 1.807) is 24.4 Å². The Morgan fingerprint density at radius 3 is 2.47 bits per heavy atom. The van der Waals surface area contributed by atoms with Gasteiger partial charge in [0.15, 0.2) is 5.78 Å². The van der Waals surface area contributed by atoms with Crippen LogP contribution in [-0.2, 0) is 4.74 Å². The lowest BCUT2D eigenvalue weighted by atomic mass is 10.1. The summed E-state index contributed by atoms with van der Waals surface area (Å²) in [5.74, 6) is -0.419. The molecule has 2 rings (SSSR count). The van der Waals surface area contributed by atoms with Gasteiger partial charge in [0.05, 0.1) is 5.56 Å². The molecule has 0 bridgehead atoms. The molecule has 19 heavy (non-hydrogen) atoms. The summed E-state index contributed by atoms with van der Waals surface area (Å²) in [5.41, 5.74) is 1.30. The van der Waals surface area contributed by atoms with E-state index in [9.17, 15) is 9.59 Å². The monoisotopic (exact) mass is 259 g/mol. The number of Topliss-reactive ketones (excluding diaryl/α,β-unsaturated/α-hetero) is 1. The van der Waals surface area contributed by atoms with Gasteiger partial charge in [-0.1, -0.05) is 0 Å². The van der Waals surface area contributed by atoms with Crippen LogP contribution in [0.2, 0.25) is 0 Å². The third-order valence-electron chi connectivity index (χ3n) is 2.71. The maximum Gasteiger partial charge on any atom is 0.340 e. The van der Waals surface area contributed by atoms with Crippen molar-refractivity contribution in [1.82, 2.24) is 4.98 Å². The smallest absolute Gasteiger partial charge is 0.340 e. The van der Waals surface area contributed by atoms with Crippen molar-refractivity contribution in [3.05, 3.63) is 35.5 Å². The maximum atomic E-state index is 12.1. The van der Waals surface area contributed by atoms with Crippen molar-refractivity contribution in [2.24, 2.45) is 0 Å². The summed E-state index contributed by atoms with van der Waals surface area (Å²) in [4.78, 5) is 26.5. The molecule has 0 atom stereocenters. The number of benzene rings is 1. The van der Waals surface area contributed by atoms with Crippen LogP contribution in [0.3, 0.4) is 0 Å². The molecule has 4 nitrogen and oxygen atoms in total. The zero-order valence-corrected chi connectivity index (χ0v) is 11.5. The van der Waals surface area contributed by atoms with Crippen molar-refractivity contribution in [1.29, 1.82) is 0 Å². The second-order valence-electron chi connectivity index (χ2n) is 5.52. The molecule has 4 heteroatoms. The number of carbonyl (C=O) groups is 2. The van der Waals surface area contributed by atoms with Crippen LogP contribution in [0.15, 0.2) is 24.4 Å². The lowest BCUT2D eigenvalue weighted by Crippen LogP contribution is -2.23. The molecule has 0 unspecified atom stereocenters. The average molecular weight is 259 g/mol. The summed E-state index contributed by atoms with van der Waals surface area (Å²) in [5, 5.41) is 0.710. The minimum atomic E-state index is -0.543. The number of hydrogen-bond donors (Lipinski definition) is 1. The van der Waals surface area contributed by atoms with Gasteiger partial charge in [-0.05, 0) is 45.9 Å². The van der Waals surface area contributed by atoms with Gasteiger partial charge in [-0.25, -0.2) is 4.79 Å². The average Bonchev–Trinajstić information content (AvgIpc) is 2.68. The zero-order valence-electron chi connectivity index (χ0n) is 11.5. The van der Waals surface area contributed by atoms with Crippen molar-refractivity contribution in [2.75, 3.05) is 0 Å². The number of hydrogen-bond acceptors (Lipinski definition) is 3. The molecule has 2 aromatic rings. The molecule has 0 aliphatic carbocycles. The number of ketones is 1. The van der Waals surface area contributed by atoms with Crippen LogP contribution in [0.5, 0.6) is 0 Å². The van der Waals surface area contributed by atoms with E-state index in [-0.39, 0.29) is 11.8 Å². The van der Waals surface area contributed by atoms with Crippen molar-refractivity contribution < 1.29 is 14.3 Å². The number of rotatable bonds is 2. The lowest BCUT2D eigenvalue weighted by Gasteiger charge is -2.19. The van der Waals surface area contributed by atoms with E-state index in [2.05, 4.69) is 4.98 Å². The second-order valence-corrected chi connectivity index (χ2v) is 5.52. The Kier molecular flexibility index (Phi) is 3.18. The summed E-state index contributed by atoms with van der Waals surface area (Å²) >= 11 is 0. The van der Waals surface area contributed by atoms with Gasteiger partial charge in [-0.3, -0.25) is 4.79 Å². The zero-order chi connectivity index (χ0) is 14.2. The second kappa shape index (κ2) is 4.53. The summed E-state index contributed by atoms with van der Waals surface area (Å²) in [6, 6.07) is 5.24. The highest BCUT2D eigenvalue weighted by atomic mass is 16.6. The van der Waals surface area contributed by atoms with Crippen LogP contribution in [0, 0.1) is 0 Å². The first-order valence-electron chi connectivity index (χ1n) is 6.13. The molecule has 0 aliphatic heterocycles. The Hall–Kier alpha value is -2.10. The maximum absolute atomic E-state index is 12.1. The molecule has 1 aromatic heterocycles. The van der Waals surface area contributed by atoms with E-state index in [4.69, 9.17) is 4.74 Å². The fourth-order valence-electron chi connectivity index (χ4n) is 1.84. The summed E-state index contributed by atoms with van der Waals surface area (Å²) in [7, 11) is 0. The summed E-state index contributed by atoms with van der Waals surface area (Å²) in [6.45, 7) is 6.96. The van der Waals surface area contributed by atoms with E-state index in [0.717, 1.165) is 5.52 Å². The normalized spacial score (nSPS) is 11.6. The molecule has 0 amide bonds. The fraction of sp³-hybridized carbons (Fsp3) is 0.333. The van der Waals surface area contributed by atoms with Gasteiger partial charge in [0.1, 0.15) is 5.60 Å². The lowest BCUT2D eigenvalue weighted by molar-refractivity contribution is 0.00718. The van der Waals surface area contributed by atoms with Crippen LogP contribution in [0.25, 0.3) is 10.9 Å². The molecule has 0 fully saturated rings. The Bertz CT molecular complexity index is 647.